The van der Waals surface area contributed by atoms with Crippen LogP contribution in [0.4, 0.5) is 0 Å². The number of H-pyrrole nitrogens is 1. The fourth-order valence-electron chi connectivity index (χ4n) is 4.06. The minimum absolute atomic E-state index is 0.0491. The Balaban J connectivity index is 1.36. The summed E-state index contributed by atoms with van der Waals surface area (Å²) in [5.74, 6) is 0.375. The Kier molecular flexibility index (Phi) is 5.29. The van der Waals surface area contributed by atoms with E-state index in [4.69, 9.17) is 0 Å². The molecule has 1 N–H and O–H groups in total. The summed E-state index contributed by atoms with van der Waals surface area (Å²) in [6.07, 6.45) is 6.52. The number of nitrogens with one attached hydrogen (secondary N) is 1. The van der Waals surface area contributed by atoms with Gasteiger partial charge in [-0.2, -0.15) is 0 Å². The van der Waals surface area contributed by atoms with Gasteiger partial charge in [0.05, 0.1) is 12.0 Å². The quantitative estimate of drug-likeness (QED) is 0.893. The number of likely N-dealkylation sites (tertiary alicyclic amines) is 2. The first-order chi connectivity index (χ1) is 12.3. The maximum atomic E-state index is 11.5. The number of thiophene rings is 1. The van der Waals surface area contributed by atoms with Crippen molar-refractivity contribution in [3.8, 4) is 0 Å². The maximum Gasteiger partial charge on any atom is 0.250 e. The van der Waals surface area contributed by atoms with Crippen LogP contribution in [0.5, 0.6) is 0 Å². The van der Waals surface area contributed by atoms with Gasteiger partial charge in [-0.3, -0.25) is 14.6 Å². The van der Waals surface area contributed by atoms with Crippen molar-refractivity contribution in [1.29, 1.82) is 0 Å². The predicted octanol–water partition coefficient (Wildman–Crippen LogP) is 2.81. The summed E-state index contributed by atoms with van der Waals surface area (Å²) in [6, 6.07) is 4.05. The Morgan fingerprint density at radius 3 is 2.80 bits per heavy atom. The van der Waals surface area contributed by atoms with Crippen LogP contribution in [0.1, 0.15) is 47.7 Å². The summed E-state index contributed by atoms with van der Waals surface area (Å²) in [6.45, 7) is 6.76. The molecule has 2 aromatic rings. The minimum atomic E-state index is -0.0491. The van der Waals surface area contributed by atoms with Gasteiger partial charge in [0, 0.05) is 36.5 Å². The predicted molar refractivity (Wildman–Crippen MR) is 101 cm³/mol. The fraction of sp³-hybridized carbons (Fsp3) is 0.579. The van der Waals surface area contributed by atoms with Crippen LogP contribution in [-0.2, 0) is 13.1 Å². The summed E-state index contributed by atoms with van der Waals surface area (Å²) in [4.78, 5) is 25.1. The van der Waals surface area contributed by atoms with E-state index in [9.17, 15) is 4.79 Å². The first kappa shape index (κ1) is 16.9. The lowest BCUT2D eigenvalue weighted by Gasteiger charge is -2.32. The van der Waals surface area contributed by atoms with Gasteiger partial charge in [0.15, 0.2) is 0 Å². The molecule has 2 aliphatic rings. The SMILES string of the molecule is O=c1cc(C2CCCN(Cc3cc(CN4CCCC4)cs3)C2)nc[nH]1. The van der Waals surface area contributed by atoms with Crippen LogP contribution in [0.15, 0.2) is 28.6 Å². The van der Waals surface area contributed by atoms with Crippen molar-refractivity contribution in [2.24, 2.45) is 0 Å². The van der Waals surface area contributed by atoms with Gasteiger partial charge in [-0.25, -0.2) is 4.98 Å². The van der Waals surface area contributed by atoms with Gasteiger partial charge < -0.3 is 4.98 Å². The normalized spacial score (nSPS) is 22.5. The molecule has 0 bridgehead atoms. The van der Waals surface area contributed by atoms with Crippen LogP contribution < -0.4 is 5.56 Å². The third-order valence-corrected chi connectivity index (χ3v) is 6.29. The molecule has 0 saturated carbocycles. The van der Waals surface area contributed by atoms with Gasteiger partial charge in [0.1, 0.15) is 0 Å². The Hall–Kier alpha value is -1.50. The molecule has 0 spiro atoms. The maximum absolute atomic E-state index is 11.5. The van der Waals surface area contributed by atoms with Gasteiger partial charge in [-0.15, -0.1) is 11.3 Å². The third kappa shape index (κ3) is 4.37. The number of nitrogens with zero attached hydrogens (tertiary/aromatic N) is 3. The van der Waals surface area contributed by atoms with Gasteiger partial charge >= 0.3 is 0 Å². The molecular formula is C19H26N4OS. The third-order valence-electron chi connectivity index (χ3n) is 5.32. The molecule has 134 valence electrons. The largest absolute Gasteiger partial charge is 0.313 e. The number of hydrogen-bond acceptors (Lipinski definition) is 5. The van der Waals surface area contributed by atoms with Crippen LogP contribution >= 0.6 is 11.3 Å². The van der Waals surface area contributed by atoms with Crippen LogP contribution in [0, 0.1) is 0 Å². The minimum Gasteiger partial charge on any atom is -0.313 e. The lowest BCUT2D eigenvalue weighted by Crippen LogP contribution is -2.34. The van der Waals surface area contributed by atoms with Crippen LogP contribution in [-0.4, -0.2) is 45.9 Å². The van der Waals surface area contributed by atoms with Gasteiger partial charge in [0.25, 0.3) is 5.56 Å². The zero-order chi connectivity index (χ0) is 17.1. The van der Waals surface area contributed by atoms with E-state index in [0.717, 1.165) is 38.3 Å². The standard InChI is InChI=1S/C19H26N4OS/c24-19-9-18(20-14-21-19)16-4-3-7-23(11-16)12-17-8-15(13-25-17)10-22-5-1-2-6-22/h8-9,13-14,16H,1-7,10-12H2,(H,20,21,24). The zero-order valence-electron chi connectivity index (χ0n) is 14.6. The van der Waals surface area contributed by atoms with E-state index in [2.05, 4.69) is 31.2 Å². The number of rotatable bonds is 5. The van der Waals surface area contributed by atoms with Crippen LogP contribution in [0.3, 0.4) is 0 Å². The summed E-state index contributed by atoms with van der Waals surface area (Å²) < 4.78 is 0. The highest BCUT2D eigenvalue weighted by Crippen LogP contribution is 2.27. The Morgan fingerprint density at radius 2 is 1.96 bits per heavy atom. The highest BCUT2D eigenvalue weighted by atomic mass is 32.1. The highest BCUT2D eigenvalue weighted by Gasteiger charge is 2.23. The lowest BCUT2D eigenvalue weighted by molar-refractivity contribution is 0.200. The van der Waals surface area contributed by atoms with Crippen molar-refractivity contribution in [2.45, 2.75) is 44.7 Å². The Morgan fingerprint density at radius 1 is 1.12 bits per heavy atom. The average molecular weight is 359 g/mol. The van der Waals surface area contributed by atoms with E-state index in [1.807, 2.05) is 11.3 Å². The summed E-state index contributed by atoms with van der Waals surface area (Å²) in [5.41, 5.74) is 2.35. The second-order valence-electron chi connectivity index (χ2n) is 7.31. The molecule has 2 fully saturated rings. The van der Waals surface area contributed by atoms with Crippen molar-refractivity contribution >= 4 is 11.3 Å². The molecule has 2 aliphatic heterocycles. The summed E-state index contributed by atoms with van der Waals surface area (Å²) in [7, 11) is 0. The van der Waals surface area contributed by atoms with E-state index >= 15 is 0 Å². The van der Waals surface area contributed by atoms with Crippen LogP contribution in [0.25, 0.3) is 0 Å². The lowest BCUT2D eigenvalue weighted by atomic mass is 9.94. The van der Waals surface area contributed by atoms with E-state index in [1.165, 1.54) is 49.1 Å². The monoisotopic (exact) mass is 358 g/mol. The molecular weight excluding hydrogens is 332 g/mol. The molecule has 25 heavy (non-hydrogen) atoms. The van der Waals surface area contributed by atoms with Gasteiger partial charge in [-0.1, -0.05) is 0 Å². The molecule has 6 heteroatoms. The molecule has 0 aliphatic carbocycles. The molecule has 4 rings (SSSR count). The summed E-state index contributed by atoms with van der Waals surface area (Å²) in [5, 5.41) is 2.33. The smallest absolute Gasteiger partial charge is 0.250 e. The van der Waals surface area contributed by atoms with Gasteiger partial charge in [-0.05, 0) is 62.3 Å². The second-order valence-corrected chi connectivity index (χ2v) is 8.31. The zero-order valence-corrected chi connectivity index (χ0v) is 15.4. The Labute approximate surface area is 152 Å². The molecule has 0 aromatic carbocycles. The van der Waals surface area contributed by atoms with E-state index < -0.39 is 0 Å². The summed E-state index contributed by atoms with van der Waals surface area (Å²) >= 11 is 1.89. The first-order valence-electron chi connectivity index (χ1n) is 9.32. The topological polar surface area (TPSA) is 52.2 Å². The molecule has 0 amide bonds. The molecule has 4 heterocycles. The average Bonchev–Trinajstić information content (AvgIpc) is 3.28. The molecule has 0 radical (unpaired) electrons. The molecule has 5 nitrogen and oxygen atoms in total. The Bertz CT molecular complexity index is 750. The molecule has 1 atom stereocenters. The number of aromatic amines is 1. The molecule has 1 unspecified atom stereocenters. The van der Waals surface area contributed by atoms with Crippen LogP contribution in [0.2, 0.25) is 0 Å². The first-order valence-corrected chi connectivity index (χ1v) is 10.2. The van der Waals surface area contributed by atoms with E-state index in [0.29, 0.717) is 5.92 Å². The van der Waals surface area contributed by atoms with Crippen molar-refractivity contribution < 1.29 is 0 Å². The van der Waals surface area contributed by atoms with Crippen molar-refractivity contribution in [2.75, 3.05) is 26.2 Å². The van der Waals surface area contributed by atoms with E-state index in [-0.39, 0.29) is 5.56 Å². The number of hydrogen-bond donors (Lipinski definition) is 1. The highest BCUT2D eigenvalue weighted by molar-refractivity contribution is 7.10. The molecule has 2 saturated heterocycles. The van der Waals surface area contributed by atoms with Gasteiger partial charge in [0.2, 0.25) is 0 Å². The fourth-order valence-corrected chi connectivity index (χ4v) is 4.98. The van der Waals surface area contributed by atoms with Crippen molar-refractivity contribution in [3.05, 3.63) is 50.3 Å². The molecule has 2 aromatic heterocycles. The number of piperidine rings is 1. The van der Waals surface area contributed by atoms with E-state index in [1.54, 1.807) is 6.07 Å². The van der Waals surface area contributed by atoms with Crippen molar-refractivity contribution in [1.82, 2.24) is 19.8 Å². The second kappa shape index (κ2) is 7.81. The van der Waals surface area contributed by atoms with Crippen molar-refractivity contribution in [3.63, 3.8) is 0 Å². The number of aromatic nitrogens is 2.